The van der Waals surface area contributed by atoms with E-state index in [2.05, 4.69) is 15.9 Å². The average molecular weight is 344 g/mol. The van der Waals surface area contributed by atoms with E-state index in [0.717, 1.165) is 6.07 Å². The molecule has 0 unspecified atom stereocenters. The summed E-state index contributed by atoms with van der Waals surface area (Å²) in [7, 11) is 0. The zero-order valence-electron chi connectivity index (χ0n) is 10.6. The lowest BCUT2D eigenvalue weighted by atomic mass is 10.1. The van der Waals surface area contributed by atoms with Crippen molar-refractivity contribution in [2.24, 2.45) is 0 Å². The van der Waals surface area contributed by atoms with Gasteiger partial charge >= 0.3 is 11.7 Å². The fraction of sp³-hybridized carbons (Fsp3) is 0.250. The number of carbonyl (C=O) groups excluding carboxylic acids is 1. The molecule has 0 saturated carbocycles. The maximum atomic E-state index is 11.7. The summed E-state index contributed by atoms with van der Waals surface area (Å²) in [6.45, 7) is 3.34. The molecular weight excluding hydrogens is 334 g/mol. The van der Waals surface area contributed by atoms with Crippen molar-refractivity contribution < 1.29 is 24.0 Å². The van der Waals surface area contributed by atoms with Crippen molar-refractivity contribution in [1.82, 2.24) is 0 Å². The third-order valence-electron chi connectivity index (χ3n) is 2.76. The van der Waals surface area contributed by atoms with Gasteiger partial charge in [-0.15, -0.1) is 0 Å². The van der Waals surface area contributed by atoms with Gasteiger partial charge in [0.2, 0.25) is 11.5 Å². The van der Waals surface area contributed by atoms with Crippen LogP contribution in [0.25, 0.3) is 11.0 Å². The summed E-state index contributed by atoms with van der Waals surface area (Å²) in [6, 6.07) is 1.12. The Balaban J connectivity index is 2.78. The van der Waals surface area contributed by atoms with Crippen LogP contribution < -0.4 is 0 Å². The quantitative estimate of drug-likeness (QED) is 0.521. The number of furan rings is 1. The van der Waals surface area contributed by atoms with Gasteiger partial charge < -0.3 is 14.3 Å². The fourth-order valence-electron chi connectivity index (χ4n) is 1.88. The number of rotatable bonds is 3. The van der Waals surface area contributed by atoms with Gasteiger partial charge in [0.25, 0.3) is 0 Å². The first kappa shape index (κ1) is 14.3. The summed E-state index contributed by atoms with van der Waals surface area (Å²) in [4.78, 5) is 21.9. The third kappa shape index (κ3) is 2.11. The van der Waals surface area contributed by atoms with E-state index in [-0.39, 0.29) is 27.8 Å². The van der Waals surface area contributed by atoms with Crippen LogP contribution in [-0.2, 0) is 4.74 Å². The summed E-state index contributed by atoms with van der Waals surface area (Å²) >= 11 is 3.12. The van der Waals surface area contributed by atoms with E-state index >= 15 is 0 Å². The molecule has 2 rings (SSSR count). The first-order valence-corrected chi connectivity index (χ1v) is 6.43. The standard InChI is InChI=1S/C12H10BrNO6/c1-3-19-12(16)10-5(2)8-9(15)7(14(17)18)4-6(13)11(8)20-10/h4,15H,3H2,1-2H3. The molecule has 106 valence electrons. The van der Waals surface area contributed by atoms with Gasteiger partial charge in [-0.05, 0) is 29.8 Å². The lowest BCUT2D eigenvalue weighted by molar-refractivity contribution is -0.385. The Morgan fingerprint density at radius 2 is 2.25 bits per heavy atom. The van der Waals surface area contributed by atoms with E-state index in [0.29, 0.717) is 5.56 Å². The maximum absolute atomic E-state index is 11.7. The minimum atomic E-state index is -0.712. The van der Waals surface area contributed by atoms with Crippen LogP contribution in [0.1, 0.15) is 23.0 Å². The summed E-state index contributed by atoms with van der Waals surface area (Å²) in [5.74, 6) is -1.31. The number of halogens is 1. The number of esters is 1. The van der Waals surface area contributed by atoms with Gasteiger partial charge in [0.05, 0.1) is 21.4 Å². The molecule has 1 aromatic heterocycles. The number of nitro benzene ring substituents is 1. The molecule has 0 atom stereocenters. The van der Waals surface area contributed by atoms with Crippen molar-refractivity contribution in [3.8, 4) is 5.75 Å². The van der Waals surface area contributed by atoms with Crippen LogP contribution >= 0.6 is 15.9 Å². The second-order valence-electron chi connectivity index (χ2n) is 3.96. The zero-order chi connectivity index (χ0) is 15.0. The van der Waals surface area contributed by atoms with Gasteiger partial charge in [0.1, 0.15) is 0 Å². The van der Waals surface area contributed by atoms with Crippen molar-refractivity contribution in [3.05, 3.63) is 32.0 Å². The Kier molecular flexibility index (Phi) is 3.67. The van der Waals surface area contributed by atoms with Crippen LogP contribution in [0.3, 0.4) is 0 Å². The summed E-state index contributed by atoms with van der Waals surface area (Å²) in [5.41, 5.74) is -0.0160. The molecule has 0 radical (unpaired) electrons. The lowest BCUT2D eigenvalue weighted by Crippen LogP contribution is -2.04. The molecule has 0 saturated heterocycles. The minimum absolute atomic E-state index is 0.0849. The molecule has 20 heavy (non-hydrogen) atoms. The van der Waals surface area contributed by atoms with Crippen LogP contribution in [0.15, 0.2) is 15.0 Å². The Morgan fingerprint density at radius 3 is 2.80 bits per heavy atom. The molecule has 0 amide bonds. The number of fused-ring (bicyclic) bond motifs is 1. The van der Waals surface area contributed by atoms with E-state index < -0.39 is 22.3 Å². The lowest BCUT2D eigenvalue weighted by Gasteiger charge is -1.99. The van der Waals surface area contributed by atoms with Gasteiger partial charge in [-0.25, -0.2) is 4.79 Å². The smallest absolute Gasteiger partial charge is 0.374 e. The van der Waals surface area contributed by atoms with Crippen molar-refractivity contribution in [3.63, 3.8) is 0 Å². The third-order valence-corrected chi connectivity index (χ3v) is 3.35. The van der Waals surface area contributed by atoms with E-state index in [9.17, 15) is 20.0 Å². The van der Waals surface area contributed by atoms with E-state index in [1.807, 2.05) is 0 Å². The predicted molar refractivity (Wildman–Crippen MR) is 72.9 cm³/mol. The van der Waals surface area contributed by atoms with Gasteiger partial charge in [0.15, 0.2) is 5.58 Å². The van der Waals surface area contributed by atoms with Crippen LogP contribution in [0.2, 0.25) is 0 Å². The van der Waals surface area contributed by atoms with Crippen LogP contribution in [0, 0.1) is 17.0 Å². The number of benzene rings is 1. The molecule has 2 aromatic rings. The monoisotopic (exact) mass is 343 g/mol. The normalized spacial score (nSPS) is 10.8. The van der Waals surface area contributed by atoms with Gasteiger partial charge in [-0.1, -0.05) is 0 Å². The first-order valence-electron chi connectivity index (χ1n) is 5.64. The van der Waals surface area contributed by atoms with E-state index in [4.69, 9.17) is 9.15 Å². The van der Waals surface area contributed by atoms with Crippen LogP contribution in [0.5, 0.6) is 5.75 Å². The second kappa shape index (κ2) is 5.12. The Bertz CT molecular complexity index is 721. The molecule has 0 bridgehead atoms. The second-order valence-corrected chi connectivity index (χ2v) is 4.82. The molecular formula is C12H10BrNO6. The van der Waals surface area contributed by atoms with E-state index in [1.165, 1.54) is 6.92 Å². The van der Waals surface area contributed by atoms with Crippen molar-refractivity contribution in [2.75, 3.05) is 6.61 Å². The van der Waals surface area contributed by atoms with Crippen molar-refractivity contribution in [1.29, 1.82) is 0 Å². The number of phenols is 1. The number of aromatic hydroxyl groups is 1. The largest absolute Gasteiger partial charge is 0.502 e. The minimum Gasteiger partial charge on any atom is -0.502 e. The highest BCUT2D eigenvalue weighted by molar-refractivity contribution is 9.10. The average Bonchev–Trinajstić information content (AvgIpc) is 2.72. The topological polar surface area (TPSA) is 103 Å². The van der Waals surface area contributed by atoms with Crippen LogP contribution in [0.4, 0.5) is 5.69 Å². The number of hydrogen-bond donors (Lipinski definition) is 1. The highest BCUT2D eigenvalue weighted by Crippen LogP contribution is 2.43. The number of hydrogen-bond acceptors (Lipinski definition) is 6. The first-order chi connectivity index (χ1) is 9.38. The number of nitro groups is 1. The number of ether oxygens (including phenoxy) is 1. The molecule has 1 heterocycles. The number of phenolic OH excluding ortho intramolecular Hbond substituents is 1. The highest BCUT2D eigenvalue weighted by Gasteiger charge is 2.27. The van der Waals surface area contributed by atoms with Gasteiger partial charge in [-0.3, -0.25) is 10.1 Å². The molecule has 8 heteroatoms. The molecule has 0 aliphatic carbocycles. The molecule has 0 spiro atoms. The van der Waals surface area contributed by atoms with Gasteiger partial charge in [-0.2, -0.15) is 0 Å². The summed E-state index contributed by atoms with van der Waals surface area (Å²) in [6.07, 6.45) is 0. The van der Waals surface area contributed by atoms with Crippen molar-refractivity contribution in [2.45, 2.75) is 13.8 Å². The Labute approximate surface area is 121 Å². The van der Waals surface area contributed by atoms with Crippen molar-refractivity contribution >= 4 is 38.6 Å². The maximum Gasteiger partial charge on any atom is 0.374 e. The van der Waals surface area contributed by atoms with E-state index in [1.54, 1.807) is 6.92 Å². The highest BCUT2D eigenvalue weighted by atomic mass is 79.9. The molecule has 7 nitrogen and oxygen atoms in total. The Morgan fingerprint density at radius 1 is 1.60 bits per heavy atom. The zero-order valence-corrected chi connectivity index (χ0v) is 12.2. The predicted octanol–water partition coefficient (Wildman–Crippen LogP) is 3.29. The molecule has 0 aliphatic heterocycles. The molecule has 0 fully saturated rings. The SMILES string of the molecule is CCOC(=O)c1oc2c(Br)cc([N+](=O)[O-])c(O)c2c1C. The number of aryl methyl sites for hydroxylation is 1. The fourth-order valence-corrected chi connectivity index (χ4v) is 2.38. The molecule has 1 N–H and O–H groups in total. The number of carbonyl (C=O) groups is 1. The molecule has 0 aliphatic rings. The summed E-state index contributed by atoms with van der Waals surface area (Å²) < 4.78 is 10.5. The van der Waals surface area contributed by atoms with Gasteiger partial charge in [0, 0.05) is 11.6 Å². The summed E-state index contributed by atoms with van der Waals surface area (Å²) in [5, 5.41) is 21.0. The molecule has 1 aromatic carbocycles. The Hall–Kier alpha value is -2.09. The van der Waals surface area contributed by atoms with Crippen LogP contribution in [-0.4, -0.2) is 22.6 Å². The number of nitrogens with zero attached hydrogens (tertiary/aromatic N) is 1.